The van der Waals surface area contributed by atoms with Crippen molar-refractivity contribution in [3.8, 4) is 0 Å². The van der Waals surface area contributed by atoms with Gasteiger partial charge in [0.25, 0.3) is 0 Å². The lowest BCUT2D eigenvalue weighted by atomic mass is 9.68. The summed E-state index contributed by atoms with van der Waals surface area (Å²) >= 11 is 2.53. The van der Waals surface area contributed by atoms with Gasteiger partial charge in [0.15, 0.2) is 5.41 Å². The van der Waals surface area contributed by atoms with Gasteiger partial charge in [0.2, 0.25) is 0 Å². The van der Waals surface area contributed by atoms with Gasteiger partial charge in [0.05, 0.1) is 6.61 Å². The molecule has 3 rings (SSSR count). The Morgan fingerprint density at radius 3 is 2.19 bits per heavy atom. The topological polar surface area (TPSA) is 61.8 Å². The van der Waals surface area contributed by atoms with Crippen LogP contribution in [0.3, 0.4) is 0 Å². The second-order valence-corrected chi connectivity index (χ2v) is 9.83. The van der Waals surface area contributed by atoms with E-state index in [0.29, 0.717) is 12.4 Å². The fourth-order valence-corrected chi connectivity index (χ4v) is 6.15. The van der Waals surface area contributed by atoms with E-state index >= 15 is 0 Å². The van der Waals surface area contributed by atoms with Crippen LogP contribution in [-0.2, 0) is 30.4 Å². The number of rotatable bonds is 5. The van der Waals surface area contributed by atoms with E-state index in [4.69, 9.17) is 14.2 Å². The van der Waals surface area contributed by atoms with Gasteiger partial charge in [-0.2, -0.15) is 0 Å². The number of ether oxygens (including phenoxy) is 3. The summed E-state index contributed by atoms with van der Waals surface area (Å²) in [5.74, 6) is -0.832. The highest BCUT2D eigenvalue weighted by atomic mass is 32.2. The van der Waals surface area contributed by atoms with E-state index in [1.54, 1.807) is 0 Å². The molecule has 0 aromatic heterocycles. The van der Waals surface area contributed by atoms with Crippen molar-refractivity contribution in [3.05, 3.63) is 35.9 Å². The van der Waals surface area contributed by atoms with Crippen molar-refractivity contribution in [2.75, 3.05) is 5.75 Å². The minimum Gasteiger partial charge on any atom is -0.403 e. The summed E-state index contributed by atoms with van der Waals surface area (Å²) in [4.78, 5) is 25.7. The van der Waals surface area contributed by atoms with Crippen molar-refractivity contribution in [1.82, 2.24) is 0 Å². The predicted molar refractivity (Wildman–Crippen MR) is 102 cm³/mol. The van der Waals surface area contributed by atoms with Gasteiger partial charge < -0.3 is 14.2 Å². The Hall–Kier alpha value is -1.18. The maximum Gasteiger partial charge on any atom is 0.361 e. The largest absolute Gasteiger partial charge is 0.403 e. The van der Waals surface area contributed by atoms with Gasteiger partial charge in [-0.3, -0.25) is 9.59 Å². The van der Waals surface area contributed by atoms with Gasteiger partial charge in [-0.1, -0.05) is 69.8 Å². The first-order valence-electron chi connectivity index (χ1n) is 8.74. The highest BCUT2D eigenvalue weighted by Gasteiger charge is 2.64. The summed E-state index contributed by atoms with van der Waals surface area (Å²) in [6, 6.07) is 9.85. The predicted octanol–water partition coefficient (Wildman–Crippen LogP) is 4.02. The Labute approximate surface area is 162 Å². The van der Waals surface area contributed by atoms with Gasteiger partial charge in [-0.15, -0.1) is 0 Å². The number of thioether (sulfide) groups is 2. The maximum atomic E-state index is 12.9. The van der Waals surface area contributed by atoms with Gasteiger partial charge in [0, 0.05) is 5.75 Å². The fraction of sp³-hybridized carbons (Fsp3) is 0.579. The summed E-state index contributed by atoms with van der Waals surface area (Å²) in [7, 11) is 0. The zero-order chi connectivity index (χ0) is 18.9. The van der Waals surface area contributed by atoms with Crippen LogP contribution >= 0.6 is 23.5 Å². The van der Waals surface area contributed by atoms with Gasteiger partial charge in [0.1, 0.15) is 5.44 Å². The van der Waals surface area contributed by atoms with Gasteiger partial charge in [-0.25, -0.2) is 0 Å². The molecular formula is C19H24O5S2. The number of hydrogen-bond acceptors (Lipinski definition) is 7. The molecule has 2 aliphatic heterocycles. The van der Waals surface area contributed by atoms with Crippen LogP contribution in [0.25, 0.3) is 0 Å². The van der Waals surface area contributed by atoms with Crippen LogP contribution in [0.1, 0.15) is 33.3 Å². The van der Waals surface area contributed by atoms with Crippen LogP contribution in [0, 0.1) is 17.3 Å². The monoisotopic (exact) mass is 396 g/mol. The van der Waals surface area contributed by atoms with Crippen LogP contribution in [0.5, 0.6) is 0 Å². The summed E-state index contributed by atoms with van der Waals surface area (Å²) in [6.45, 7) is 7.85. The van der Waals surface area contributed by atoms with Crippen LogP contribution in [0.15, 0.2) is 30.3 Å². The molecule has 2 fully saturated rings. The maximum absolute atomic E-state index is 12.9. The fourth-order valence-electron chi connectivity index (χ4n) is 3.46. The van der Waals surface area contributed by atoms with Crippen LogP contribution < -0.4 is 0 Å². The van der Waals surface area contributed by atoms with Crippen LogP contribution in [-0.4, -0.2) is 27.6 Å². The van der Waals surface area contributed by atoms with E-state index in [-0.39, 0.29) is 17.3 Å². The van der Waals surface area contributed by atoms with E-state index in [9.17, 15) is 9.59 Å². The number of benzene rings is 1. The molecule has 2 aliphatic rings. The van der Waals surface area contributed by atoms with Crippen molar-refractivity contribution < 1.29 is 23.8 Å². The number of esters is 2. The third-order valence-electron chi connectivity index (χ3n) is 4.88. The molecule has 1 aromatic rings. The first-order valence-corrected chi connectivity index (χ1v) is 10.6. The average molecular weight is 397 g/mol. The quantitative estimate of drug-likeness (QED) is 0.550. The number of hydrogen-bond donors (Lipinski definition) is 0. The second kappa shape index (κ2) is 7.44. The molecule has 1 atom stereocenters. The molecule has 5 nitrogen and oxygen atoms in total. The molecule has 142 valence electrons. The lowest BCUT2D eigenvalue weighted by Gasteiger charge is -2.44. The molecule has 1 unspecified atom stereocenters. The minimum atomic E-state index is -1.33. The third-order valence-corrected chi connectivity index (χ3v) is 7.75. The molecule has 7 heteroatoms. The molecule has 0 saturated carbocycles. The van der Waals surface area contributed by atoms with Crippen LogP contribution in [0.4, 0.5) is 0 Å². The molecule has 0 N–H and O–H groups in total. The molecule has 1 spiro atoms. The summed E-state index contributed by atoms with van der Waals surface area (Å²) in [5.41, 5.74) is -0.406. The van der Waals surface area contributed by atoms with E-state index in [0.717, 1.165) is 5.56 Å². The SMILES string of the molecule is CC(C)C1(C(C)C)C(=O)OC2(OC1=O)SCC(OCc1ccccc1)S2. The van der Waals surface area contributed by atoms with Crippen molar-refractivity contribution >= 4 is 35.5 Å². The van der Waals surface area contributed by atoms with Crippen molar-refractivity contribution in [2.24, 2.45) is 17.3 Å². The lowest BCUT2D eigenvalue weighted by Crippen LogP contribution is -2.58. The molecule has 0 aliphatic carbocycles. The first-order chi connectivity index (χ1) is 12.3. The molecule has 1 aromatic carbocycles. The Balaban J connectivity index is 1.68. The second-order valence-electron chi connectivity index (χ2n) is 7.11. The molecule has 2 saturated heterocycles. The highest BCUT2D eigenvalue weighted by molar-refractivity contribution is 8.21. The average Bonchev–Trinajstić information content (AvgIpc) is 2.95. The van der Waals surface area contributed by atoms with Gasteiger partial charge >= 0.3 is 16.4 Å². The van der Waals surface area contributed by atoms with Crippen molar-refractivity contribution in [3.63, 3.8) is 0 Å². The first kappa shape index (κ1) is 19.6. The molecule has 2 heterocycles. The molecular weight excluding hydrogens is 372 g/mol. The zero-order valence-electron chi connectivity index (χ0n) is 15.4. The molecule has 0 bridgehead atoms. The smallest absolute Gasteiger partial charge is 0.361 e. The Kier molecular flexibility index (Phi) is 5.61. The highest BCUT2D eigenvalue weighted by Crippen LogP contribution is 2.56. The third kappa shape index (κ3) is 3.37. The standard InChI is InChI=1S/C19H24O5S2/c1-12(2)18(13(3)4)16(20)23-19(24-17(18)21)25-11-15(26-19)22-10-14-8-6-5-7-9-14/h5-9,12-13,15H,10-11H2,1-4H3. The van der Waals surface area contributed by atoms with Crippen molar-refractivity contribution in [2.45, 2.75) is 44.2 Å². The number of carbonyl (C=O) groups excluding carboxylic acids is 2. The molecule has 26 heavy (non-hydrogen) atoms. The molecule has 0 amide bonds. The van der Waals surface area contributed by atoms with Gasteiger partial charge in [-0.05, 0) is 29.2 Å². The number of carbonyl (C=O) groups is 2. The Morgan fingerprint density at radius 2 is 1.65 bits per heavy atom. The van der Waals surface area contributed by atoms with Crippen LogP contribution in [0.2, 0.25) is 0 Å². The van der Waals surface area contributed by atoms with E-state index in [1.165, 1.54) is 23.5 Å². The Bertz CT molecular complexity index is 646. The Morgan fingerprint density at radius 1 is 1.08 bits per heavy atom. The van der Waals surface area contributed by atoms with E-state index in [1.807, 2.05) is 58.0 Å². The summed E-state index contributed by atoms with van der Waals surface area (Å²) in [5, 5.41) is 0. The molecule has 0 radical (unpaired) electrons. The summed E-state index contributed by atoms with van der Waals surface area (Å²) in [6.07, 6.45) is 0. The van der Waals surface area contributed by atoms with Crippen molar-refractivity contribution in [1.29, 1.82) is 0 Å². The zero-order valence-corrected chi connectivity index (χ0v) is 17.0. The summed E-state index contributed by atoms with van der Waals surface area (Å²) < 4.78 is 15.9. The lowest BCUT2D eigenvalue weighted by molar-refractivity contribution is -0.222. The van der Waals surface area contributed by atoms with E-state index in [2.05, 4.69) is 0 Å². The van der Waals surface area contributed by atoms with E-state index < -0.39 is 21.8 Å². The normalized spacial score (nSPS) is 24.2. The minimum absolute atomic E-state index is 0.207.